The van der Waals surface area contributed by atoms with E-state index in [0.717, 1.165) is 18.0 Å². The Morgan fingerprint density at radius 3 is 3.00 bits per heavy atom. The first-order valence-corrected chi connectivity index (χ1v) is 6.36. The Balaban J connectivity index is 1.83. The van der Waals surface area contributed by atoms with E-state index in [0.29, 0.717) is 11.8 Å². The lowest BCUT2D eigenvalue weighted by atomic mass is 10.1. The quantitative estimate of drug-likeness (QED) is 0.836. The number of nitrogens with zero attached hydrogens (tertiary/aromatic N) is 1. The Hall–Kier alpha value is -1.06. The summed E-state index contributed by atoms with van der Waals surface area (Å²) in [5.41, 5.74) is 1.15. The summed E-state index contributed by atoms with van der Waals surface area (Å²) in [4.78, 5) is 2.38. The zero-order valence-electron chi connectivity index (χ0n) is 10.7. The maximum Gasteiger partial charge on any atom is 0.115 e. The van der Waals surface area contributed by atoms with Crippen LogP contribution in [0.2, 0.25) is 0 Å². The summed E-state index contributed by atoms with van der Waals surface area (Å²) < 4.78 is 0. The third kappa shape index (κ3) is 3.45. The molecule has 2 N–H and O–H groups in total. The zero-order valence-corrected chi connectivity index (χ0v) is 10.7. The van der Waals surface area contributed by atoms with E-state index in [1.165, 1.54) is 19.5 Å². The number of nitrogens with one attached hydrogen (secondary N) is 1. The Bertz CT molecular complexity index is 367. The smallest absolute Gasteiger partial charge is 0.115 e. The lowest BCUT2D eigenvalue weighted by molar-refractivity contribution is 0.382. The number of likely N-dealkylation sites (tertiary alicyclic amines) is 1. The number of benzene rings is 1. The minimum atomic E-state index is 0.299. The highest BCUT2D eigenvalue weighted by Gasteiger charge is 2.19. The van der Waals surface area contributed by atoms with E-state index < -0.39 is 0 Å². The van der Waals surface area contributed by atoms with E-state index in [9.17, 15) is 5.11 Å². The van der Waals surface area contributed by atoms with Gasteiger partial charge in [0, 0.05) is 12.6 Å². The minimum absolute atomic E-state index is 0.299. The van der Waals surface area contributed by atoms with Gasteiger partial charge in [0.15, 0.2) is 0 Å². The highest BCUT2D eigenvalue weighted by molar-refractivity contribution is 5.28. The molecule has 94 valence electrons. The summed E-state index contributed by atoms with van der Waals surface area (Å²) in [6.07, 6.45) is 1.29. The van der Waals surface area contributed by atoms with Gasteiger partial charge in [-0.2, -0.15) is 0 Å². The Kier molecular flexibility index (Phi) is 4.02. The number of phenols is 1. The molecule has 1 heterocycles. The van der Waals surface area contributed by atoms with Gasteiger partial charge >= 0.3 is 0 Å². The Labute approximate surface area is 103 Å². The van der Waals surface area contributed by atoms with Crippen molar-refractivity contribution >= 4 is 0 Å². The summed E-state index contributed by atoms with van der Waals surface area (Å²) in [5, 5.41) is 13.0. The van der Waals surface area contributed by atoms with Gasteiger partial charge in [0.05, 0.1) is 0 Å². The van der Waals surface area contributed by atoms with E-state index in [1.807, 2.05) is 12.1 Å². The molecule has 0 aromatic heterocycles. The SMILES string of the molecule is CC(NCC1CCN(C)C1)c1cccc(O)c1. The van der Waals surface area contributed by atoms with E-state index in [1.54, 1.807) is 6.07 Å². The molecule has 2 atom stereocenters. The average molecular weight is 234 g/mol. The Morgan fingerprint density at radius 2 is 2.35 bits per heavy atom. The molecule has 1 aromatic rings. The third-order valence-electron chi connectivity index (χ3n) is 3.57. The first kappa shape index (κ1) is 12.4. The van der Waals surface area contributed by atoms with Gasteiger partial charge in [-0.3, -0.25) is 0 Å². The zero-order chi connectivity index (χ0) is 12.3. The second-order valence-corrected chi connectivity index (χ2v) is 5.14. The molecule has 1 aliphatic heterocycles. The van der Waals surface area contributed by atoms with Crippen LogP contribution in [0.1, 0.15) is 24.9 Å². The molecule has 2 unspecified atom stereocenters. The van der Waals surface area contributed by atoms with Crippen molar-refractivity contribution < 1.29 is 5.11 Å². The normalized spacial score (nSPS) is 22.8. The van der Waals surface area contributed by atoms with Crippen LogP contribution in [0.4, 0.5) is 0 Å². The molecular weight excluding hydrogens is 212 g/mol. The highest BCUT2D eigenvalue weighted by Crippen LogP contribution is 2.19. The van der Waals surface area contributed by atoms with Crippen LogP contribution < -0.4 is 5.32 Å². The van der Waals surface area contributed by atoms with Crippen molar-refractivity contribution in [3.8, 4) is 5.75 Å². The van der Waals surface area contributed by atoms with Gasteiger partial charge in [-0.05, 0) is 57.1 Å². The van der Waals surface area contributed by atoms with Crippen molar-refractivity contribution in [3.05, 3.63) is 29.8 Å². The van der Waals surface area contributed by atoms with Crippen LogP contribution in [-0.2, 0) is 0 Å². The molecule has 0 amide bonds. The lowest BCUT2D eigenvalue weighted by Gasteiger charge is -2.17. The average Bonchev–Trinajstić information content (AvgIpc) is 2.72. The van der Waals surface area contributed by atoms with E-state index in [2.05, 4.69) is 30.3 Å². The van der Waals surface area contributed by atoms with Crippen molar-refractivity contribution in [2.24, 2.45) is 5.92 Å². The van der Waals surface area contributed by atoms with E-state index in [4.69, 9.17) is 0 Å². The van der Waals surface area contributed by atoms with Crippen LogP contribution in [0.5, 0.6) is 5.75 Å². The van der Waals surface area contributed by atoms with Crippen LogP contribution in [-0.4, -0.2) is 36.7 Å². The summed E-state index contributed by atoms with van der Waals surface area (Å²) in [5.74, 6) is 1.11. The number of rotatable bonds is 4. The van der Waals surface area contributed by atoms with Crippen molar-refractivity contribution in [3.63, 3.8) is 0 Å². The van der Waals surface area contributed by atoms with Gasteiger partial charge in [0.1, 0.15) is 5.75 Å². The largest absolute Gasteiger partial charge is 0.508 e. The number of phenolic OH excluding ortho intramolecular Hbond substituents is 1. The third-order valence-corrected chi connectivity index (χ3v) is 3.57. The van der Waals surface area contributed by atoms with Crippen molar-refractivity contribution in [1.29, 1.82) is 0 Å². The highest BCUT2D eigenvalue weighted by atomic mass is 16.3. The molecule has 17 heavy (non-hydrogen) atoms. The van der Waals surface area contributed by atoms with Gasteiger partial charge in [-0.25, -0.2) is 0 Å². The first-order valence-electron chi connectivity index (χ1n) is 6.36. The molecule has 1 aliphatic rings. The Morgan fingerprint density at radius 1 is 1.53 bits per heavy atom. The van der Waals surface area contributed by atoms with Crippen LogP contribution in [0, 0.1) is 5.92 Å². The fourth-order valence-corrected chi connectivity index (χ4v) is 2.45. The monoisotopic (exact) mass is 234 g/mol. The number of hydrogen-bond donors (Lipinski definition) is 2. The maximum absolute atomic E-state index is 9.44. The predicted molar refractivity (Wildman–Crippen MR) is 70.1 cm³/mol. The summed E-state index contributed by atoms with van der Waals surface area (Å²) >= 11 is 0. The molecule has 0 bridgehead atoms. The number of hydrogen-bond acceptors (Lipinski definition) is 3. The standard InChI is InChI=1S/C14H22N2O/c1-11(13-4-3-5-14(17)8-13)15-9-12-6-7-16(2)10-12/h3-5,8,11-12,15,17H,6-7,9-10H2,1-2H3. The van der Waals surface area contributed by atoms with Crippen LogP contribution in [0.25, 0.3) is 0 Å². The van der Waals surface area contributed by atoms with Crippen molar-refractivity contribution in [2.45, 2.75) is 19.4 Å². The predicted octanol–water partition coefficient (Wildman–Crippen LogP) is 1.99. The van der Waals surface area contributed by atoms with Crippen LogP contribution >= 0.6 is 0 Å². The lowest BCUT2D eigenvalue weighted by Crippen LogP contribution is -2.27. The van der Waals surface area contributed by atoms with Gasteiger partial charge in [-0.1, -0.05) is 12.1 Å². The van der Waals surface area contributed by atoms with Crippen LogP contribution in [0.3, 0.4) is 0 Å². The van der Waals surface area contributed by atoms with E-state index >= 15 is 0 Å². The summed E-state index contributed by atoms with van der Waals surface area (Å²) in [6.45, 7) is 5.61. The van der Waals surface area contributed by atoms with Crippen molar-refractivity contribution in [1.82, 2.24) is 10.2 Å². The molecular formula is C14H22N2O. The van der Waals surface area contributed by atoms with E-state index in [-0.39, 0.29) is 0 Å². The molecule has 0 aliphatic carbocycles. The van der Waals surface area contributed by atoms with Gasteiger partial charge in [-0.15, -0.1) is 0 Å². The molecule has 2 rings (SSSR count). The fourth-order valence-electron chi connectivity index (χ4n) is 2.45. The molecule has 1 fully saturated rings. The molecule has 3 heteroatoms. The molecule has 0 saturated carbocycles. The molecule has 0 spiro atoms. The van der Waals surface area contributed by atoms with Gasteiger partial charge < -0.3 is 15.3 Å². The maximum atomic E-state index is 9.44. The number of aromatic hydroxyl groups is 1. The minimum Gasteiger partial charge on any atom is -0.508 e. The summed E-state index contributed by atoms with van der Waals surface area (Å²) in [6, 6.07) is 7.79. The van der Waals surface area contributed by atoms with Gasteiger partial charge in [0.2, 0.25) is 0 Å². The fraction of sp³-hybridized carbons (Fsp3) is 0.571. The van der Waals surface area contributed by atoms with Crippen LogP contribution in [0.15, 0.2) is 24.3 Å². The summed E-state index contributed by atoms with van der Waals surface area (Å²) in [7, 11) is 2.18. The van der Waals surface area contributed by atoms with Gasteiger partial charge in [0.25, 0.3) is 0 Å². The molecule has 3 nitrogen and oxygen atoms in total. The molecule has 1 saturated heterocycles. The van der Waals surface area contributed by atoms with Crippen molar-refractivity contribution in [2.75, 3.05) is 26.7 Å². The second kappa shape index (κ2) is 5.52. The first-order chi connectivity index (χ1) is 8.15. The molecule has 0 radical (unpaired) electrons. The topological polar surface area (TPSA) is 35.5 Å². The second-order valence-electron chi connectivity index (χ2n) is 5.14. The molecule has 1 aromatic carbocycles.